The summed E-state index contributed by atoms with van der Waals surface area (Å²) in [5.41, 5.74) is 1.15. The van der Waals surface area contributed by atoms with E-state index in [0.29, 0.717) is 11.1 Å². The maximum absolute atomic E-state index is 11.5. The molecule has 1 aromatic rings. The van der Waals surface area contributed by atoms with Crippen LogP contribution in [0.1, 0.15) is 23.3 Å². The van der Waals surface area contributed by atoms with Gasteiger partial charge in [0.2, 0.25) is 0 Å². The van der Waals surface area contributed by atoms with Gasteiger partial charge < -0.3 is 18.9 Å². The van der Waals surface area contributed by atoms with Crippen molar-refractivity contribution >= 4 is 11.9 Å². The van der Waals surface area contributed by atoms with E-state index in [4.69, 9.17) is 18.9 Å². The van der Waals surface area contributed by atoms with Gasteiger partial charge in [-0.2, -0.15) is 0 Å². The zero-order valence-corrected chi connectivity index (χ0v) is 9.33. The SMILES string of the molecule is O=C1OCO[C@H]1c1ccccc1[C@@H]1OCOC1=O. The zero-order valence-electron chi connectivity index (χ0n) is 9.33. The van der Waals surface area contributed by atoms with E-state index in [2.05, 4.69) is 0 Å². The van der Waals surface area contributed by atoms with Gasteiger partial charge in [0.15, 0.2) is 25.8 Å². The highest BCUT2D eigenvalue weighted by Gasteiger charge is 2.37. The predicted molar refractivity (Wildman–Crippen MR) is 56.0 cm³/mol. The lowest BCUT2D eigenvalue weighted by molar-refractivity contribution is -0.140. The van der Waals surface area contributed by atoms with Crippen molar-refractivity contribution in [1.82, 2.24) is 0 Å². The summed E-state index contributed by atoms with van der Waals surface area (Å²) >= 11 is 0. The second-order valence-electron chi connectivity index (χ2n) is 3.88. The van der Waals surface area contributed by atoms with Crippen LogP contribution in [0.5, 0.6) is 0 Å². The maximum Gasteiger partial charge on any atom is 0.342 e. The number of ether oxygens (including phenoxy) is 4. The number of cyclic esters (lactones) is 2. The van der Waals surface area contributed by atoms with Crippen LogP contribution in [0.15, 0.2) is 24.3 Å². The van der Waals surface area contributed by atoms with E-state index in [-0.39, 0.29) is 13.6 Å². The third kappa shape index (κ3) is 1.75. The molecule has 0 radical (unpaired) electrons. The van der Waals surface area contributed by atoms with E-state index >= 15 is 0 Å². The lowest BCUT2D eigenvalue weighted by atomic mass is 9.98. The molecule has 2 fully saturated rings. The molecule has 0 aromatic heterocycles. The van der Waals surface area contributed by atoms with Crippen LogP contribution in [0, 0.1) is 0 Å². The van der Waals surface area contributed by atoms with Crippen LogP contribution in [-0.4, -0.2) is 25.5 Å². The van der Waals surface area contributed by atoms with Crippen LogP contribution >= 0.6 is 0 Å². The number of carbonyl (C=O) groups excluding carboxylic acids is 2. The molecular weight excluding hydrogens is 240 g/mol. The van der Waals surface area contributed by atoms with Crippen LogP contribution in [0.3, 0.4) is 0 Å². The Balaban J connectivity index is 1.99. The van der Waals surface area contributed by atoms with E-state index in [1.807, 2.05) is 0 Å². The summed E-state index contributed by atoms with van der Waals surface area (Å²) in [4.78, 5) is 23.0. The summed E-state index contributed by atoms with van der Waals surface area (Å²) in [7, 11) is 0. The van der Waals surface area contributed by atoms with Crippen molar-refractivity contribution in [2.24, 2.45) is 0 Å². The van der Waals surface area contributed by atoms with E-state index in [1.54, 1.807) is 24.3 Å². The fourth-order valence-electron chi connectivity index (χ4n) is 2.03. The summed E-state index contributed by atoms with van der Waals surface area (Å²) in [6.45, 7) is -0.151. The molecule has 6 heteroatoms. The number of hydrogen-bond donors (Lipinski definition) is 0. The summed E-state index contributed by atoms with van der Waals surface area (Å²) < 4.78 is 19.9. The molecule has 0 aliphatic carbocycles. The van der Waals surface area contributed by atoms with Gasteiger partial charge in [-0.25, -0.2) is 9.59 Å². The molecular formula is C12H10O6. The Kier molecular flexibility index (Phi) is 2.73. The zero-order chi connectivity index (χ0) is 12.5. The number of rotatable bonds is 2. The van der Waals surface area contributed by atoms with Crippen molar-refractivity contribution in [2.75, 3.05) is 13.6 Å². The summed E-state index contributed by atoms with van der Waals surface area (Å²) in [5, 5.41) is 0. The molecule has 0 spiro atoms. The highest BCUT2D eigenvalue weighted by atomic mass is 16.7. The minimum absolute atomic E-state index is 0.0756. The minimum Gasteiger partial charge on any atom is -0.436 e. The van der Waals surface area contributed by atoms with E-state index < -0.39 is 24.1 Å². The standard InChI is InChI=1S/C12H10O6/c13-11-9(15-5-17-11)7-3-1-2-4-8(7)10-12(14)18-6-16-10/h1-4,9-10H,5-6H2/t9-,10-/m0/s1. The second-order valence-corrected chi connectivity index (χ2v) is 3.88. The first kappa shape index (κ1) is 11.2. The molecule has 2 aliphatic heterocycles. The van der Waals surface area contributed by atoms with Gasteiger partial charge in [0, 0.05) is 0 Å². The number of esters is 2. The fourth-order valence-corrected chi connectivity index (χ4v) is 2.03. The lowest BCUT2D eigenvalue weighted by Gasteiger charge is -2.14. The Bertz CT molecular complexity index is 452. The van der Waals surface area contributed by atoms with Gasteiger partial charge in [0.1, 0.15) is 0 Å². The van der Waals surface area contributed by atoms with Crippen molar-refractivity contribution in [1.29, 1.82) is 0 Å². The highest BCUT2D eigenvalue weighted by molar-refractivity contribution is 5.81. The highest BCUT2D eigenvalue weighted by Crippen LogP contribution is 2.33. The summed E-state index contributed by atoms with van der Waals surface area (Å²) in [5.74, 6) is -0.928. The average molecular weight is 250 g/mol. The molecule has 2 aliphatic rings. The largest absolute Gasteiger partial charge is 0.436 e. The van der Waals surface area contributed by atoms with E-state index in [9.17, 15) is 9.59 Å². The number of hydrogen-bond acceptors (Lipinski definition) is 6. The quantitative estimate of drug-likeness (QED) is 0.724. The summed E-state index contributed by atoms with van der Waals surface area (Å²) in [6, 6.07) is 6.94. The molecule has 0 saturated carbocycles. The van der Waals surface area contributed by atoms with Gasteiger partial charge in [-0.3, -0.25) is 0 Å². The normalized spacial score (nSPS) is 27.1. The Morgan fingerprint density at radius 3 is 1.61 bits per heavy atom. The molecule has 18 heavy (non-hydrogen) atoms. The van der Waals surface area contributed by atoms with Crippen LogP contribution in [0.2, 0.25) is 0 Å². The Labute approximate surface area is 102 Å². The minimum atomic E-state index is -0.807. The first-order chi connectivity index (χ1) is 8.77. The molecule has 0 bridgehead atoms. The summed E-state index contributed by atoms with van der Waals surface area (Å²) in [6.07, 6.45) is -1.61. The van der Waals surface area contributed by atoms with Crippen LogP contribution in [0.25, 0.3) is 0 Å². The molecule has 6 nitrogen and oxygen atoms in total. The first-order valence-corrected chi connectivity index (χ1v) is 5.42. The topological polar surface area (TPSA) is 71.1 Å². The number of carbonyl (C=O) groups is 2. The average Bonchev–Trinajstić information content (AvgIpc) is 2.98. The second kappa shape index (κ2) is 4.40. The van der Waals surface area contributed by atoms with Gasteiger partial charge in [0.25, 0.3) is 0 Å². The maximum atomic E-state index is 11.5. The fraction of sp³-hybridized carbons (Fsp3) is 0.333. The predicted octanol–water partition coefficient (Wildman–Crippen LogP) is 0.831. The molecule has 0 N–H and O–H groups in total. The van der Waals surface area contributed by atoms with Crippen molar-refractivity contribution in [3.63, 3.8) is 0 Å². The van der Waals surface area contributed by atoms with Crippen molar-refractivity contribution in [3.05, 3.63) is 35.4 Å². The van der Waals surface area contributed by atoms with Gasteiger partial charge >= 0.3 is 11.9 Å². The monoisotopic (exact) mass is 250 g/mol. The van der Waals surface area contributed by atoms with Crippen LogP contribution in [-0.2, 0) is 28.5 Å². The molecule has 0 amide bonds. The van der Waals surface area contributed by atoms with Crippen molar-refractivity contribution in [3.8, 4) is 0 Å². The van der Waals surface area contributed by atoms with Crippen molar-refractivity contribution < 1.29 is 28.5 Å². The molecule has 2 heterocycles. The Morgan fingerprint density at radius 2 is 1.28 bits per heavy atom. The van der Waals surface area contributed by atoms with E-state index in [0.717, 1.165) is 0 Å². The van der Waals surface area contributed by atoms with Gasteiger partial charge in [-0.05, 0) is 11.1 Å². The third-order valence-electron chi connectivity index (χ3n) is 2.86. The molecule has 94 valence electrons. The molecule has 2 atom stereocenters. The van der Waals surface area contributed by atoms with Crippen molar-refractivity contribution in [2.45, 2.75) is 12.2 Å². The lowest BCUT2D eigenvalue weighted by Crippen LogP contribution is -2.15. The van der Waals surface area contributed by atoms with Gasteiger partial charge in [-0.15, -0.1) is 0 Å². The third-order valence-corrected chi connectivity index (χ3v) is 2.86. The molecule has 1 aromatic carbocycles. The smallest absolute Gasteiger partial charge is 0.342 e. The molecule has 3 rings (SSSR count). The first-order valence-electron chi connectivity index (χ1n) is 5.42. The number of benzene rings is 1. The van der Waals surface area contributed by atoms with E-state index in [1.165, 1.54) is 0 Å². The van der Waals surface area contributed by atoms with Gasteiger partial charge in [-0.1, -0.05) is 24.3 Å². The molecule has 2 saturated heterocycles. The van der Waals surface area contributed by atoms with Gasteiger partial charge in [0.05, 0.1) is 0 Å². The Hall–Kier alpha value is -1.92. The Morgan fingerprint density at radius 1 is 0.833 bits per heavy atom. The van der Waals surface area contributed by atoms with Crippen LogP contribution in [0.4, 0.5) is 0 Å². The molecule has 0 unspecified atom stereocenters. The van der Waals surface area contributed by atoms with Crippen LogP contribution < -0.4 is 0 Å².